The van der Waals surface area contributed by atoms with Gasteiger partial charge in [0.25, 0.3) is 0 Å². The van der Waals surface area contributed by atoms with E-state index in [1.165, 1.54) is 0 Å². The monoisotopic (exact) mass is 680 g/mol. The first-order valence-corrected chi connectivity index (χ1v) is 16.8. The van der Waals surface area contributed by atoms with Crippen molar-refractivity contribution >= 4 is 11.9 Å². The molecule has 0 aliphatic carbocycles. The molecule has 0 saturated carbocycles. The van der Waals surface area contributed by atoms with Crippen molar-refractivity contribution in [2.75, 3.05) is 26.4 Å². The van der Waals surface area contributed by atoms with Gasteiger partial charge in [-0.05, 0) is 32.1 Å². The van der Waals surface area contributed by atoms with Gasteiger partial charge < -0.3 is 64.2 Å². The molecule has 2 rings (SSSR count). The Morgan fingerprint density at radius 3 is 1.91 bits per heavy atom. The molecule has 15 nitrogen and oxygen atoms in total. The van der Waals surface area contributed by atoms with Crippen molar-refractivity contribution in [3.05, 3.63) is 12.2 Å². The van der Waals surface area contributed by atoms with E-state index in [1.807, 2.05) is 6.92 Å². The minimum atomic E-state index is -1.76. The lowest BCUT2D eigenvalue weighted by Crippen LogP contribution is -2.61. The Hall–Kier alpha value is -1.76. The molecule has 0 bridgehead atoms. The van der Waals surface area contributed by atoms with E-state index in [0.717, 1.165) is 44.9 Å². The van der Waals surface area contributed by atoms with Crippen LogP contribution in [0.4, 0.5) is 0 Å². The van der Waals surface area contributed by atoms with Gasteiger partial charge in [-0.2, -0.15) is 0 Å². The number of hydrogen-bond donors (Lipinski definition) is 7. The summed E-state index contributed by atoms with van der Waals surface area (Å²) < 4.78 is 32.7. The molecule has 0 aromatic heterocycles. The second-order valence-corrected chi connectivity index (χ2v) is 12.0. The maximum absolute atomic E-state index is 12.6. The Kier molecular flexibility index (Phi) is 20.1. The van der Waals surface area contributed by atoms with Gasteiger partial charge in [0.15, 0.2) is 18.7 Å². The molecule has 2 saturated heterocycles. The summed E-state index contributed by atoms with van der Waals surface area (Å²) in [5, 5.41) is 70.9. The fourth-order valence-electron chi connectivity index (χ4n) is 5.08. The summed E-state index contributed by atoms with van der Waals surface area (Å²) in [6.07, 6.45) is -3.66. The molecule has 2 fully saturated rings. The number of allylic oxidation sites excluding steroid dienone is 2. The number of unbranched alkanes of at least 4 members (excludes halogenated alkanes) is 6. The van der Waals surface area contributed by atoms with Crippen LogP contribution in [0.2, 0.25) is 0 Å². The van der Waals surface area contributed by atoms with Crippen LogP contribution >= 0.6 is 0 Å². The summed E-state index contributed by atoms with van der Waals surface area (Å²) in [4.78, 5) is 24.6. The molecule has 7 N–H and O–H groups in total. The molecular formula is C32H56O15. The van der Waals surface area contributed by atoms with Crippen LogP contribution in [0, 0.1) is 0 Å². The first-order chi connectivity index (χ1) is 22.5. The van der Waals surface area contributed by atoms with E-state index in [-0.39, 0.29) is 26.1 Å². The summed E-state index contributed by atoms with van der Waals surface area (Å²) in [6.45, 7) is 2.05. The van der Waals surface area contributed by atoms with E-state index in [2.05, 4.69) is 19.1 Å². The van der Waals surface area contributed by atoms with E-state index < -0.39 is 92.7 Å². The number of hydrogen-bond acceptors (Lipinski definition) is 15. The smallest absolute Gasteiger partial charge is 0.306 e. The van der Waals surface area contributed by atoms with Crippen molar-refractivity contribution in [1.29, 1.82) is 0 Å². The van der Waals surface area contributed by atoms with Crippen LogP contribution in [0.3, 0.4) is 0 Å². The van der Waals surface area contributed by atoms with Crippen molar-refractivity contribution < 1.29 is 73.8 Å². The van der Waals surface area contributed by atoms with Crippen LogP contribution in [0.25, 0.3) is 0 Å². The Bertz CT molecular complexity index is 902. The number of esters is 2. The van der Waals surface area contributed by atoms with Crippen LogP contribution in [0.1, 0.15) is 84.5 Å². The number of carbonyl (C=O) groups is 2. The van der Waals surface area contributed by atoms with Gasteiger partial charge >= 0.3 is 11.9 Å². The molecule has 47 heavy (non-hydrogen) atoms. The first-order valence-electron chi connectivity index (χ1n) is 16.8. The molecule has 11 unspecified atom stereocenters. The van der Waals surface area contributed by atoms with Crippen LogP contribution < -0.4 is 0 Å². The maximum Gasteiger partial charge on any atom is 0.306 e. The highest BCUT2D eigenvalue weighted by Gasteiger charge is 2.47. The summed E-state index contributed by atoms with van der Waals surface area (Å²) in [6, 6.07) is 0. The third-order valence-electron chi connectivity index (χ3n) is 7.94. The Labute approximate surface area is 276 Å². The van der Waals surface area contributed by atoms with Gasteiger partial charge in [-0.1, -0.05) is 51.7 Å². The Morgan fingerprint density at radius 2 is 1.26 bits per heavy atom. The summed E-state index contributed by atoms with van der Waals surface area (Å²) in [5.41, 5.74) is 0. The predicted molar refractivity (Wildman–Crippen MR) is 164 cm³/mol. The first kappa shape index (κ1) is 41.4. The molecule has 0 radical (unpaired) electrons. The van der Waals surface area contributed by atoms with E-state index in [9.17, 15) is 45.3 Å². The molecule has 2 heterocycles. The molecule has 0 amide bonds. The van der Waals surface area contributed by atoms with Crippen molar-refractivity contribution in [1.82, 2.24) is 0 Å². The van der Waals surface area contributed by atoms with E-state index in [1.54, 1.807) is 0 Å². The van der Waals surface area contributed by atoms with Gasteiger partial charge in [0.1, 0.15) is 55.4 Å². The van der Waals surface area contributed by atoms with Gasteiger partial charge in [0, 0.05) is 12.8 Å². The Balaban J connectivity index is 1.89. The summed E-state index contributed by atoms with van der Waals surface area (Å²) in [5.74, 6) is -1.00. The molecule has 11 atom stereocenters. The highest BCUT2D eigenvalue weighted by Crippen LogP contribution is 2.26. The van der Waals surface area contributed by atoms with Crippen molar-refractivity contribution in [2.24, 2.45) is 0 Å². The minimum absolute atomic E-state index is 0.153. The fourth-order valence-corrected chi connectivity index (χ4v) is 5.08. The number of ether oxygens (including phenoxy) is 6. The topological polar surface area (TPSA) is 231 Å². The summed E-state index contributed by atoms with van der Waals surface area (Å²) >= 11 is 0. The minimum Gasteiger partial charge on any atom is -0.462 e. The molecule has 0 aromatic rings. The second-order valence-electron chi connectivity index (χ2n) is 12.0. The highest BCUT2D eigenvalue weighted by atomic mass is 16.7. The second kappa shape index (κ2) is 22.8. The third kappa shape index (κ3) is 14.3. The van der Waals surface area contributed by atoms with Gasteiger partial charge in [0.05, 0.1) is 19.8 Å². The van der Waals surface area contributed by atoms with Crippen LogP contribution in [-0.2, 0) is 38.0 Å². The number of rotatable bonds is 22. The molecular weight excluding hydrogens is 624 g/mol. The number of aliphatic hydroxyl groups is 7. The van der Waals surface area contributed by atoms with Gasteiger partial charge in [0.2, 0.25) is 0 Å². The molecule has 0 aromatic carbocycles. The molecule has 0 spiro atoms. The highest BCUT2D eigenvalue weighted by molar-refractivity contribution is 5.70. The SMILES string of the molecule is CCC/C=C\CCCCCCCC(=O)OC(COC(=O)CCC)COC1OC(COC2OC(CO)C(O)C(O)C2O)C(O)C(O)C1O. The summed E-state index contributed by atoms with van der Waals surface area (Å²) in [7, 11) is 0. The number of carbonyl (C=O) groups excluding carboxylic acids is 2. The average molecular weight is 681 g/mol. The average Bonchev–Trinajstić information content (AvgIpc) is 3.05. The van der Waals surface area contributed by atoms with Crippen LogP contribution in [0.15, 0.2) is 12.2 Å². The molecule has 15 heteroatoms. The van der Waals surface area contributed by atoms with E-state index in [4.69, 9.17) is 28.4 Å². The lowest BCUT2D eigenvalue weighted by molar-refractivity contribution is -0.332. The fraction of sp³-hybridized carbons (Fsp3) is 0.875. The van der Waals surface area contributed by atoms with E-state index >= 15 is 0 Å². The lowest BCUT2D eigenvalue weighted by Gasteiger charge is -2.42. The number of aliphatic hydroxyl groups excluding tert-OH is 7. The van der Waals surface area contributed by atoms with Crippen LogP contribution in [-0.4, -0.2) is 142 Å². The van der Waals surface area contributed by atoms with Gasteiger partial charge in [-0.15, -0.1) is 0 Å². The normalized spacial score (nSPS) is 31.9. The molecule has 2 aliphatic rings. The zero-order valence-electron chi connectivity index (χ0n) is 27.5. The van der Waals surface area contributed by atoms with Crippen molar-refractivity contribution in [2.45, 2.75) is 152 Å². The molecule has 2 aliphatic heterocycles. The quantitative estimate of drug-likeness (QED) is 0.0452. The van der Waals surface area contributed by atoms with E-state index in [0.29, 0.717) is 12.8 Å². The Morgan fingerprint density at radius 1 is 0.660 bits per heavy atom. The zero-order chi connectivity index (χ0) is 34.8. The maximum atomic E-state index is 12.6. The molecule has 274 valence electrons. The van der Waals surface area contributed by atoms with Crippen molar-refractivity contribution in [3.63, 3.8) is 0 Å². The van der Waals surface area contributed by atoms with Crippen LogP contribution in [0.5, 0.6) is 0 Å². The lowest BCUT2D eigenvalue weighted by atomic mass is 9.98. The van der Waals surface area contributed by atoms with Gasteiger partial charge in [-0.25, -0.2) is 0 Å². The predicted octanol–water partition coefficient (Wildman–Crippen LogP) is -0.0308. The van der Waals surface area contributed by atoms with Gasteiger partial charge in [-0.3, -0.25) is 9.59 Å². The third-order valence-corrected chi connectivity index (χ3v) is 7.94. The zero-order valence-corrected chi connectivity index (χ0v) is 27.5. The standard InChI is InChI=1S/C32H56O15/c1-3-5-6-7-8-9-10-11-12-13-15-24(35)45-20(17-42-23(34)14-4-2)18-43-31-30(41)28(39)26(37)22(47-31)19-44-32-29(40)27(38)25(36)21(16-33)46-32/h6-7,20-22,25-33,36-41H,3-5,8-19H2,1-2H3/b7-6-. The largest absolute Gasteiger partial charge is 0.462 e. The van der Waals surface area contributed by atoms with Crippen molar-refractivity contribution in [3.8, 4) is 0 Å².